The highest BCUT2D eigenvalue weighted by Crippen LogP contribution is 2.25. The first-order chi connectivity index (χ1) is 11.6. The molecule has 0 N–H and O–H groups in total. The number of rotatable bonds is 3. The van der Waals surface area contributed by atoms with Gasteiger partial charge in [-0.3, -0.25) is 14.4 Å². The van der Waals surface area contributed by atoms with Crippen LogP contribution in [0.4, 0.5) is 13.2 Å². The molecule has 1 aromatic rings. The zero-order valence-electron chi connectivity index (χ0n) is 14.0. The Labute approximate surface area is 142 Å². The Balaban J connectivity index is 2.03. The van der Waals surface area contributed by atoms with Gasteiger partial charge in [-0.25, -0.2) is 0 Å². The van der Waals surface area contributed by atoms with E-state index in [0.29, 0.717) is 32.2 Å². The molecule has 1 aromatic heterocycles. The second kappa shape index (κ2) is 7.28. The van der Waals surface area contributed by atoms with Crippen LogP contribution >= 0.6 is 0 Å². The van der Waals surface area contributed by atoms with Crippen molar-refractivity contribution in [2.24, 2.45) is 5.92 Å². The number of carbonyl (C=O) groups excluding carboxylic acids is 2. The quantitative estimate of drug-likeness (QED) is 0.815. The average molecular weight is 359 g/mol. The maximum atomic E-state index is 12.8. The number of aromatic nitrogens is 1. The lowest BCUT2D eigenvalue weighted by atomic mass is 10.1. The molecule has 0 aliphatic carbocycles. The summed E-state index contributed by atoms with van der Waals surface area (Å²) in [5.74, 6) is -0.579. The third-order valence-electron chi connectivity index (χ3n) is 4.07. The zero-order chi connectivity index (χ0) is 18.8. The van der Waals surface area contributed by atoms with Crippen molar-refractivity contribution in [1.29, 1.82) is 0 Å². The molecule has 0 unspecified atom stereocenters. The highest BCUT2D eigenvalue weighted by Gasteiger charge is 2.34. The topological polar surface area (TPSA) is 62.6 Å². The van der Waals surface area contributed by atoms with Crippen molar-refractivity contribution in [3.8, 4) is 0 Å². The molecule has 0 aromatic carbocycles. The maximum absolute atomic E-state index is 12.8. The van der Waals surface area contributed by atoms with Crippen LogP contribution in [0.5, 0.6) is 0 Å². The van der Waals surface area contributed by atoms with E-state index in [1.807, 2.05) is 0 Å². The minimum atomic E-state index is -4.76. The van der Waals surface area contributed by atoms with Crippen molar-refractivity contribution >= 4 is 11.8 Å². The van der Waals surface area contributed by atoms with Gasteiger partial charge in [-0.1, -0.05) is 13.8 Å². The molecule has 1 fully saturated rings. The maximum Gasteiger partial charge on any atom is 0.421 e. The number of alkyl halides is 3. The van der Waals surface area contributed by atoms with E-state index in [2.05, 4.69) is 0 Å². The van der Waals surface area contributed by atoms with Gasteiger partial charge in [-0.15, -0.1) is 0 Å². The zero-order valence-corrected chi connectivity index (χ0v) is 14.0. The molecule has 2 rings (SSSR count). The van der Waals surface area contributed by atoms with Gasteiger partial charge >= 0.3 is 6.18 Å². The van der Waals surface area contributed by atoms with E-state index in [0.717, 1.165) is 16.8 Å². The van der Waals surface area contributed by atoms with E-state index in [9.17, 15) is 27.6 Å². The van der Waals surface area contributed by atoms with Gasteiger partial charge in [0.2, 0.25) is 11.8 Å². The number of nitrogens with zero attached hydrogens (tertiary/aromatic N) is 3. The minimum absolute atomic E-state index is 0.00111. The van der Waals surface area contributed by atoms with E-state index < -0.39 is 29.8 Å². The SMILES string of the molecule is CC(C)C(=O)N1CCN(C(=O)Cn2cccc(C(F)(F)F)c2=O)CC1. The predicted octanol–water partition coefficient (Wildman–Crippen LogP) is 1.19. The van der Waals surface area contributed by atoms with Gasteiger partial charge in [0.15, 0.2) is 0 Å². The molecule has 2 heterocycles. The molecular weight excluding hydrogens is 339 g/mol. The highest BCUT2D eigenvalue weighted by atomic mass is 19.4. The Hall–Kier alpha value is -2.32. The Morgan fingerprint density at radius 3 is 2.20 bits per heavy atom. The number of hydrogen-bond donors (Lipinski definition) is 0. The van der Waals surface area contributed by atoms with Crippen molar-refractivity contribution in [3.63, 3.8) is 0 Å². The minimum Gasteiger partial charge on any atom is -0.339 e. The van der Waals surface area contributed by atoms with E-state index in [1.54, 1.807) is 18.7 Å². The number of amides is 2. The molecule has 1 aliphatic heterocycles. The number of pyridine rings is 1. The smallest absolute Gasteiger partial charge is 0.339 e. The van der Waals surface area contributed by atoms with Crippen LogP contribution in [0.25, 0.3) is 0 Å². The Bertz CT molecular complexity index is 705. The summed E-state index contributed by atoms with van der Waals surface area (Å²) in [5.41, 5.74) is -2.54. The van der Waals surface area contributed by atoms with E-state index in [-0.39, 0.29) is 11.8 Å². The van der Waals surface area contributed by atoms with Crippen LogP contribution in [0, 0.1) is 5.92 Å². The molecule has 138 valence electrons. The summed E-state index contributed by atoms with van der Waals surface area (Å²) in [6.45, 7) is 4.47. The third kappa shape index (κ3) is 4.40. The van der Waals surface area contributed by atoms with Crippen LogP contribution in [0.1, 0.15) is 19.4 Å². The molecule has 0 atom stereocenters. The first-order valence-electron chi connectivity index (χ1n) is 7.94. The first-order valence-corrected chi connectivity index (χ1v) is 7.94. The second-order valence-electron chi connectivity index (χ2n) is 6.21. The van der Waals surface area contributed by atoms with Gasteiger partial charge in [0.1, 0.15) is 12.1 Å². The van der Waals surface area contributed by atoms with Crippen LogP contribution in [-0.2, 0) is 22.3 Å². The van der Waals surface area contributed by atoms with E-state index in [1.165, 1.54) is 4.90 Å². The lowest BCUT2D eigenvalue weighted by Crippen LogP contribution is -2.52. The van der Waals surface area contributed by atoms with Gasteiger partial charge in [-0.2, -0.15) is 13.2 Å². The van der Waals surface area contributed by atoms with Crippen LogP contribution in [0.2, 0.25) is 0 Å². The number of halogens is 3. The van der Waals surface area contributed by atoms with Gasteiger partial charge in [-0.05, 0) is 12.1 Å². The molecular formula is C16H20F3N3O3. The summed E-state index contributed by atoms with van der Waals surface area (Å²) in [7, 11) is 0. The fraction of sp³-hybridized carbons (Fsp3) is 0.562. The molecule has 0 radical (unpaired) electrons. The lowest BCUT2D eigenvalue weighted by molar-refractivity contribution is -0.142. The summed E-state index contributed by atoms with van der Waals surface area (Å²) >= 11 is 0. The average Bonchev–Trinajstić information content (AvgIpc) is 2.55. The summed E-state index contributed by atoms with van der Waals surface area (Å²) in [4.78, 5) is 39.2. The first kappa shape index (κ1) is 19.0. The molecule has 9 heteroatoms. The molecule has 1 aliphatic rings. The van der Waals surface area contributed by atoms with Crippen molar-refractivity contribution in [2.45, 2.75) is 26.6 Å². The normalized spacial score (nSPS) is 15.6. The number of hydrogen-bond acceptors (Lipinski definition) is 3. The van der Waals surface area contributed by atoms with E-state index in [4.69, 9.17) is 0 Å². The Morgan fingerprint density at radius 2 is 1.68 bits per heavy atom. The third-order valence-corrected chi connectivity index (χ3v) is 4.07. The van der Waals surface area contributed by atoms with Gasteiger partial charge in [0, 0.05) is 38.3 Å². The van der Waals surface area contributed by atoms with Crippen molar-refractivity contribution in [3.05, 3.63) is 34.2 Å². The predicted molar refractivity (Wildman–Crippen MR) is 83.7 cm³/mol. The summed E-state index contributed by atoms with van der Waals surface area (Å²) in [6.07, 6.45) is -3.60. The Morgan fingerprint density at radius 1 is 1.12 bits per heavy atom. The molecule has 6 nitrogen and oxygen atoms in total. The molecule has 2 amide bonds. The fourth-order valence-corrected chi connectivity index (χ4v) is 2.66. The standard InChI is InChI=1S/C16H20F3N3O3/c1-11(2)14(24)21-8-6-20(7-9-21)13(23)10-22-5-3-4-12(15(22)25)16(17,18)19/h3-5,11H,6-10H2,1-2H3. The van der Waals surface area contributed by atoms with Crippen LogP contribution in [0.15, 0.2) is 23.1 Å². The molecule has 0 spiro atoms. The van der Waals surface area contributed by atoms with Crippen LogP contribution < -0.4 is 5.56 Å². The number of piperazine rings is 1. The molecule has 0 saturated carbocycles. The largest absolute Gasteiger partial charge is 0.421 e. The molecule has 1 saturated heterocycles. The molecule has 0 bridgehead atoms. The van der Waals surface area contributed by atoms with Crippen molar-refractivity contribution < 1.29 is 22.8 Å². The van der Waals surface area contributed by atoms with Crippen LogP contribution in [-0.4, -0.2) is 52.4 Å². The van der Waals surface area contributed by atoms with Crippen molar-refractivity contribution in [1.82, 2.24) is 14.4 Å². The second-order valence-corrected chi connectivity index (χ2v) is 6.21. The van der Waals surface area contributed by atoms with Gasteiger partial charge in [0.25, 0.3) is 5.56 Å². The fourth-order valence-electron chi connectivity index (χ4n) is 2.66. The number of carbonyl (C=O) groups is 2. The van der Waals surface area contributed by atoms with Crippen molar-refractivity contribution in [2.75, 3.05) is 26.2 Å². The van der Waals surface area contributed by atoms with E-state index >= 15 is 0 Å². The summed E-state index contributed by atoms with van der Waals surface area (Å²) in [6, 6.07) is 1.79. The van der Waals surface area contributed by atoms with Crippen LogP contribution in [0.3, 0.4) is 0 Å². The van der Waals surface area contributed by atoms with Gasteiger partial charge < -0.3 is 14.4 Å². The Kier molecular flexibility index (Phi) is 5.54. The highest BCUT2D eigenvalue weighted by molar-refractivity contribution is 5.79. The summed E-state index contributed by atoms with van der Waals surface area (Å²) < 4.78 is 39.0. The van der Waals surface area contributed by atoms with Gasteiger partial charge in [0.05, 0.1) is 0 Å². The molecule has 25 heavy (non-hydrogen) atoms. The lowest BCUT2D eigenvalue weighted by Gasteiger charge is -2.35. The monoisotopic (exact) mass is 359 g/mol. The summed E-state index contributed by atoms with van der Waals surface area (Å²) in [5, 5.41) is 0.